The zero-order valence-corrected chi connectivity index (χ0v) is 14.4. The third kappa shape index (κ3) is 5.39. The minimum Gasteiger partial charge on any atom is -0.356 e. The first-order chi connectivity index (χ1) is 11.1. The van der Waals surface area contributed by atoms with Crippen molar-refractivity contribution in [1.82, 2.24) is 25.4 Å². The van der Waals surface area contributed by atoms with Crippen molar-refractivity contribution < 1.29 is 0 Å². The molecule has 1 atom stereocenters. The van der Waals surface area contributed by atoms with Gasteiger partial charge in [-0.25, -0.2) is 0 Å². The maximum Gasteiger partial charge on any atom is 0.191 e. The number of aryl methyl sites for hydroxylation is 2. The van der Waals surface area contributed by atoms with Crippen molar-refractivity contribution in [3.63, 3.8) is 0 Å². The highest BCUT2D eigenvalue weighted by atomic mass is 15.3. The van der Waals surface area contributed by atoms with Gasteiger partial charge in [-0.1, -0.05) is 13.0 Å². The SMILES string of the molecule is CN=C(NCc1ccccn1)NCC(C)Cn1nc(C)cc1C. The Morgan fingerprint density at radius 3 is 2.74 bits per heavy atom. The zero-order valence-electron chi connectivity index (χ0n) is 14.4. The van der Waals surface area contributed by atoms with Gasteiger partial charge in [-0.3, -0.25) is 14.7 Å². The Bertz CT molecular complexity index is 632. The summed E-state index contributed by atoms with van der Waals surface area (Å²) in [5.74, 6) is 1.23. The second kappa shape index (κ2) is 8.31. The van der Waals surface area contributed by atoms with Crippen LogP contribution < -0.4 is 10.6 Å². The molecule has 0 saturated heterocycles. The number of guanidine groups is 1. The summed E-state index contributed by atoms with van der Waals surface area (Å²) in [5, 5.41) is 11.1. The highest BCUT2D eigenvalue weighted by Crippen LogP contribution is 2.05. The number of aliphatic imine (C=N–C) groups is 1. The highest BCUT2D eigenvalue weighted by Gasteiger charge is 2.08. The summed E-state index contributed by atoms with van der Waals surface area (Å²) < 4.78 is 2.06. The molecular formula is C17H26N6. The molecule has 0 aliphatic carbocycles. The number of hydrogen-bond donors (Lipinski definition) is 2. The highest BCUT2D eigenvalue weighted by molar-refractivity contribution is 5.79. The van der Waals surface area contributed by atoms with Gasteiger partial charge in [0.25, 0.3) is 0 Å². The van der Waals surface area contributed by atoms with E-state index in [1.165, 1.54) is 5.69 Å². The number of pyridine rings is 1. The van der Waals surface area contributed by atoms with Crippen LogP contribution in [0.25, 0.3) is 0 Å². The molecule has 0 spiro atoms. The van der Waals surface area contributed by atoms with E-state index in [1.807, 2.05) is 25.1 Å². The summed E-state index contributed by atoms with van der Waals surface area (Å²) in [7, 11) is 1.78. The molecule has 124 valence electrons. The molecule has 0 radical (unpaired) electrons. The van der Waals surface area contributed by atoms with E-state index in [1.54, 1.807) is 13.2 Å². The molecule has 6 nitrogen and oxygen atoms in total. The molecular weight excluding hydrogens is 288 g/mol. The molecule has 0 amide bonds. The van der Waals surface area contributed by atoms with Gasteiger partial charge in [0.05, 0.1) is 17.9 Å². The Morgan fingerprint density at radius 1 is 1.30 bits per heavy atom. The molecule has 2 N–H and O–H groups in total. The van der Waals surface area contributed by atoms with Crippen LogP contribution in [0.3, 0.4) is 0 Å². The van der Waals surface area contributed by atoms with Crippen LogP contribution in [-0.2, 0) is 13.1 Å². The van der Waals surface area contributed by atoms with Crippen LogP contribution in [0.5, 0.6) is 0 Å². The number of nitrogens with zero attached hydrogens (tertiary/aromatic N) is 4. The van der Waals surface area contributed by atoms with Crippen molar-refractivity contribution in [3.05, 3.63) is 47.5 Å². The zero-order chi connectivity index (χ0) is 16.7. The third-order valence-corrected chi connectivity index (χ3v) is 3.59. The van der Waals surface area contributed by atoms with E-state index in [2.05, 4.69) is 50.3 Å². The molecule has 6 heteroatoms. The van der Waals surface area contributed by atoms with Gasteiger partial charge in [-0.15, -0.1) is 0 Å². The standard InChI is InChI=1S/C17H26N6/c1-13(12-23-15(3)9-14(2)22-23)10-20-17(18-4)21-11-16-7-5-6-8-19-16/h5-9,13H,10-12H2,1-4H3,(H2,18,20,21). The Labute approximate surface area is 138 Å². The van der Waals surface area contributed by atoms with Crippen molar-refractivity contribution in [2.75, 3.05) is 13.6 Å². The van der Waals surface area contributed by atoms with Gasteiger partial charge in [0.1, 0.15) is 0 Å². The average molecular weight is 314 g/mol. The Balaban J connectivity index is 1.77. The van der Waals surface area contributed by atoms with Crippen LogP contribution in [0.4, 0.5) is 0 Å². The molecule has 0 fully saturated rings. The minimum atomic E-state index is 0.446. The summed E-state index contributed by atoms with van der Waals surface area (Å²) in [6, 6.07) is 7.99. The van der Waals surface area contributed by atoms with E-state index in [4.69, 9.17) is 0 Å². The monoisotopic (exact) mass is 314 g/mol. The van der Waals surface area contributed by atoms with E-state index in [0.717, 1.165) is 30.4 Å². The van der Waals surface area contributed by atoms with Gasteiger partial charge >= 0.3 is 0 Å². The van der Waals surface area contributed by atoms with E-state index in [0.29, 0.717) is 12.5 Å². The fourth-order valence-electron chi connectivity index (χ4n) is 2.39. The first-order valence-electron chi connectivity index (χ1n) is 7.94. The molecule has 0 aliphatic heterocycles. The lowest BCUT2D eigenvalue weighted by Crippen LogP contribution is -2.39. The van der Waals surface area contributed by atoms with Crippen molar-refractivity contribution in [3.8, 4) is 0 Å². The Kier molecular flexibility index (Phi) is 6.14. The van der Waals surface area contributed by atoms with E-state index < -0.39 is 0 Å². The molecule has 0 aromatic carbocycles. The Hall–Kier alpha value is -2.37. The quantitative estimate of drug-likeness (QED) is 0.631. The van der Waals surface area contributed by atoms with Gasteiger partial charge in [0.2, 0.25) is 0 Å². The predicted molar refractivity (Wildman–Crippen MR) is 93.3 cm³/mol. The largest absolute Gasteiger partial charge is 0.356 e. The molecule has 1 unspecified atom stereocenters. The molecule has 2 heterocycles. The number of aromatic nitrogens is 3. The summed E-state index contributed by atoms with van der Waals surface area (Å²) in [5.41, 5.74) is 3.26. The predicted octanol–water partition coefficient (Wildman–Crippen LogP) is 1.90. The van der Waals surface area contributed by atoms with Crippen LogP contribution in [-0.4, -0.2) is 34.3 Å². The maximum absolute atomic E-state index is 4.51. The molecule has 23 heavy (non-hydrogen) atoms. The third-order valence-electron chi connectivity index (χ3n) is 3.59. The van der Waals surface area contributed by atoms with Crippen molar-refractivity contribution >= 4 is 5.96 Å². The molecule has 2 aromatic rings. The molecule has 0 bridgehead atoms. The van der Waals surface area contributed by atoms with Gasteiger partial charge in [-0.2, -0.15) is 5.10 Å². The van der Waals surface area contributed by atoms with Crippen LogP contribution >= 0.6 is 0 Å². The van der Waals surface area contributed by atoms with Gasteiger partial charge in [0.15, 0.2) is 5.96 Å². The number of rotatable bonds is 6. The fraction of sp³-hybridized carbons (Fsp3) is 0.471. The number of nitrogens with one attached hydrogen (secondary N) is 2. The van der Waals surface area contributed by atoms with Gasteiger partial charge in [-0.05, 0) is 38.0 Å². The first kappa shape index (κ1) is 17.0. The van der Waals surface area contributed by atoms with Gasteiger partial charge < -0.3 is 10.6 Å². The van der Waals surface area contributed by atoms with Crippen molar-refractivity contribution in [2.45, 2.75) is 33.9 Å². The molecule has 0 aliphatic rings. The van der Waals surface area contributed by atoms with E-state index in [9.17, 15) is 0 Å². The normalized spacial score (nSPS) is 13.0. The molecule has 2 rings (SSSR count). The van der Waals surface area contributed by atoms with Crippen LogP contribution in [0.2, 0.25) is 0 Å². The molecule has 0 saturated carbocycles. The second-order valence-electron chi connectivity index (χ2n) is 5.84. The Morgan fingerprint density at radius 2 is 2.13 bits per heavy atom. The summed E-state index contributed by atoms with van der Waals surface area (Å²) in [4.78, 5) is 8.54. The minimum absolute atomic E-state index is 0.446. The van der Waals surface area contributed by atoms with Crippen LogP contribution in [0, 0.1) is 19.8 Å². The second-order valence-corrected chi connectivity index (χ2v) is 5.84. The summed E-state index contributed by atoms with van der Waals surface area (Å²) >= 11 is 0. The maximum atomic E-state index is 4.51. The topological polar surface area (TPSA) is 67.1 Å². The van der Waals surface area contributed by atoms with E-state index >= 15 is 0 Å². The van der Waals surface area contributed by atoms with Crippen molar-refractivity contribution in [1.29, 1.82) is 0 Å². The lowest BCUT2D eigenvalue weighted by Gasteiger charge is -2.16. The lowest BCUT2D eigenvalue weighted by molar-refractivity contribution is 0.436. The summed E-state index contributed by atoms with van der Waals surface area (Å²) in [6.07, 6.45) is 1.80. The smallest absolute Gasteiger partial charge is 0.191 e. The van der Waals surface area contributed by atoms with Crippen LogP contribution in [0.1, 0.15) is 24.0 Å². The van der Waals surface area contributed by atoms with Gasteiger partial charge in [0, 0.05) is 32.0 Å². The van der Waals surface area contributed by atoms with E-state index in [-0.39, 0.29) is 0 Å². The lowest BCUT2D eigenvalue weighted by atomic mass is 10.2. The van der Waals surface area contributed by atoms with Crippen molar-refractivity contribution in [2.24, 2.45) is 10.9 Å². The first-order valence-corrected chi connectivity index (χ1v) is 7.94. The molecule has 2 aromatic heterocycles. The average Bonchev–Trinajstić information content (AvgIpc) is 2.86. The number of hydrogen-bond acceptors (Lipinski definition) is 3. The van der Waals surface area contributed by atoms with Crippen LogP contribution in [0.15, 0.2) is 35.5 Å². The fourth-order valence-corrected chi connectivity index (χ4v) is 2.39. The summed E-state index contributed by atoms with van der Waals surface area (Å²) in [6.45, 7) is 8.70.